The minimum absolute atomic E-state index is 0.0469. The number of anilines is 2. The molecule has 0 atom stereocenters. The maximum Gasteiger partial charge on any atom is 0.165 e. The number of rotatable bonds is 7. The number of amidine groups is 1. The number of benzene rings is 1. The predicted octanol–water partition coefficient (Wildman–Crippen LogP) is 4.16. The van der Waals surface area contributed by atoms with Crippen molar-refractivity contribution < 1.29 is 17.2 Å². The van der Waals surface area contributed by atoms with E-state index < -0.39 is 43.2 Å². The summed E-state index contributed by atoms with van der Waals surface area (Å²) in [7, 11) is -3.92. The molecule has 0 saturated carbocycles. The monoisotopic (exact) mass is 444 g/mol. The lowest BCUT2D eigenvalue weighted by atomic mass is 9.91. The van der Waals surface area contributed by atoms with Gasteiger partial charge in [-0.15, -0.1) is 0 Å². The van der Waals surface area contributed by atoms with Crippen LogP contribution in [0.2, 0.25) is 5.02 Å². The van der Waals surface area contributed by atoms with Gasteiger partial charge < -0.3 is 11.1 Å². The molecule has 0 unspecified atom stereocenters. The van der Waals surface area contributed by atoms with Crippen LogP contribution in [0.25, 0.3) is 0 Å². The summed E-state index contributed by atoms with van der Waals surface area (Å²) in [6.07, 6.45) is 0. The first-order valence-electron chi connectivity index (χ1n) is 8.64. The number of hydrogen-bond donors (Lipinski definition) is 3. The van der Waals surface area contributed by atoms with E-state index in [4.69, 9.17) is 22.7 Å². The van der Waals surface area contributed by atoms with Gasteiger partial charge in [-0.2, -0.15) is 0 Å². The van der Waals surface area contributed by atoms with Crippen molar-refractivity contribution in [3.63, 3.8) is 0 Å². The second kappa shape index (κ2) is 7.87. The van der Waals surface area contributed by atoms with E-state index in [-0.39, 0.29) is 22.2 Å². The Morgan fingerprint density at radius 3 is 2.41 bits per heavy atom. The van der Waals surface area contributed by atoms with Crippen molar-refractivity contribution in [2.24, 2.45) is 5.73 Å². The van der Waals surface area contributed by atoms with Gasteiger partial charge in [-0.25, -0.2) is 22.2 Å². The molecule has 2 aromatic rings. The molecule has 2 rings (SSSR count). The molecule has 6 nitrogen and oxygen atoms in total. The molecule has 0 radical (unpaired) electrons. The molecule has 0 amide bonds. The second-order valence-electron chi connectivity index (χ2n) is 7.82. The third-order valence-electron chi connectivity index (χ3n) is 4.68. The van der Waals surface area contributed by atoms with Crippen molar-refractivity contribution in [2.45, 2.75) is 37.9 Å². The minimum Gasteiger partial charge on any atom is -0.386 e. The summed E-state index contributed by atoms with van der Waals surface area (Å²) in [4.78, 5) is 4.18. The highest BCUT2D eigenvalue weighted by atomic mass is 35.5. The van der Waals surface area contributed by atoms with Crippen LogP contribution < -0.4 is 11.1 Å². The summed E-state index contributed by atoms with van der Waals surface area (Å²) in [5.41, 5.74) is 4.12. The fraction of sp³-hybridized carbons (Fsp3) is 0.368. The highest BCUT2D eigenvalue weighted by molar-refractivity contribution is 7.93. The van der Waals surface area contributed by atoms with Gasteiger partial charge in [0.15, 0.2) is 15.7 Å². The predicted molar refractivity (Wildman–Crippen MR) is 112 cm³/mol. The lowest BCUT2D eigenvalue weighted by Gasteiger charge is -2.30. The average Bonchev–Trinajstić information content (AvgIpc) is 2.59. The molecule has 0 aliphatic rings. The maximum atomic E-state index is 14.5. The summed E-state index contributed by atoms with van der Waals surface area (Å²) >= 11 is 5.76. The first-order valence-corrected chi connectivity index (χ1v) is 10.7. The SMILES string of the molecule is CC(C)(CS(=O)(=O)C(C)(C)C(=N)N)c1nc(Nc2cccc(Cl)c2F)ccc1F. The Hall–Kier alpha value is -2.26. The van der Waals surface area contributed by atoms with Gasteiger partial charge in [0.25, 0.3) is 0 Å². The smallest absolute Gasteiger partial charge is 0.165 e. The van der Waals surface area contributed by atoms with Crippen molar-refractivity contribution in [3.8, 4) is 0 Å². The molecule has 158 valence electrons. The second-order valence-corrected chi connectivity index (χ2v) is 10.8. The third-order valence-corrected chi connectivity index (χ3v) is 7.85. The van der Waals surface area contributed by atoms with E-state index in [1.54, 1.807) is 6.07 Å². The molecule has 0 aliphatic carbocycles. The molecule has 1 aromatic heterocycles. The molecule has 0 saturated heterocycles. The highest BCUT2D eigenvalue weighted by Crippen LogP contribution is 2.32. The van der Waals surface area contributed by atoms with Crippen molar-refractivity contribution >= 4 is 38.8 Å². The van der Waals surface area contributed by atoms with Gasteiger partial charge >= 0.3 is 0 Å². The Labute approximate surface area is 173 Å². The molecule has 0 aliphatic heterocycles. The number of pyridine rings is 1. The number of halogens is 3. The largest absolute Gasteiger partial charge is 0.386 e. The Balaban J connectivity index is 2.42. The van der Waals surface area contributed by atoms with Crippen LogP contribution in [-0.4, -0.2) is 29.7 Å². The first-order chi connectivity index (χ1) is 13.2. The molecular weight excluding hydrogens is 422 g/mol. The van der Waals surface area contributed by atoms with Crippen molar-refractivity contribution in [2.75, 3.05) is 11.1 Å². The number of nitrogens with one attached hydrogen (secondary N) is 2. The van der Waals surface area contributed by atoms with Crippen LogP contribution >= 0.6 is 11.6 Å². The summed E-state index contributed by atoms with van der Waals surface area (Å²) in [5, 5.41) is 10.2. The van der Waals surface area contributed by atoms with Gasteiger partial charge in [0.2, 0.25) is 0 Å². The summed E-state index contributed by atoms with van der Waals surface area (Å²) in [5.74, 6) is -2.27. The van der Waals surface area contributed by atoms with Crippen LogP contribution in [-0.2, 0) is 15.3 Å². The normalized spacial score (nSPS) is 12.7. The third kappa shape index (κ3) is 4.67. The molecule has 1 aromatic carbocycles. The lowest BCUT2D eigenvalue weighted by Crippen LogP contribution is -2.49. The summed E-state index contributed by atoms with van der Waals surface area (Å²) in [6, 6.07) is 6.80. The van der Waals surface area contributed by atoms with Crippen molar-refractivity contribution in [3.05, 3.63) is 52.7 Å². The summed E-state index contributed by atoms with van der Waals surface area (Å²) in [6.45, 7) is 5.70. The molecule has 0 fully saturated rings. The van der Waals surface area contributed by atoms with E-state index in [0.29, 0.717) is 0 Å². The number of hydrogen-bond acceptors (Lipinski definition) is 5. The molecular formula is C19H23ClF2N4O2S. The molecule has 1 heterocycles. The van der Waals surface area contributed by atoms with Crippen LogP contribution in [0.1, 0.15) is 33.4 Å². The van der Waals surface area contributed by atoms with Crippen LogP contribution in [0.5, 0.6) is 0 Å². The van der Waals surface area contributed by atoms with Crippen LogP contribution in [0.4, 0.5) is 20.3 Å². The van der Waals surface area contributed by atoms with Crippen LogP contribution in [0, 0.1) is 17.0 Å². The highest BCUT2D eigenvalue weighted by Gasteiger charge is 2.43. The van der Waals surface area contributed by atoms with Crippen LogP contribution in [0.15, 0.2) is 30.3 Å². The zero-order valence-corrected chi connectivity index (χ0v) is 18.0. The topological polar surface area (TPSA) is 109 Å². The van der Waals surface area contributed by atoms with Gasteiger partial charge in [0.1, 0.15) is 22.2 Å². The number of sulfone groups is 1. The van der Waals surface area contributed by atoms with E-state index in [0.717, 1.165) is 6.07 Å². The summed E-state index contributed by atoms with van der Waals surface area (Å²) < 4.78 is 52.6. The van der Waals surface area contributed by atoms with Crippen molar-refractivity contribution in [1.82, 2.24) is 4.98 Å². The van der Waals surface area contributed by atoms with Gasteiger partial charge in [-0.05, 0) is 38.1 Å². The minimum atomic E-state index is -3.92. The fourth-order valence-electron chi connectivity index (χ4n) is 2.62. The van der Waals surface area contributed by atoms with Gasteiger partial charge in [-0.3, -0.25) is 5.41 Å². The van der Waals surface area contributed by atoms with E-state index in [9.17, 15) is 17.2 Å². The molecule has 4 N–H and O–H groups in total. The zero-order valence-electron chi connectivity index (χ0n) is 16.5. The average molecular weight is 445 g/mol. The Morgan fingerprint density at radius 1 is 1.21 bits per heavy atom. The molecule has 0 bridgehead atoms. The quantitative estimate of drug-likeness (QED) is 0.438. The molecule has 10 heteroatoms. The Kier molecular flexibility index (Phi) is 6.25. The van der Waals surface area contributed by atoms with Gasteiger partial charge in [0, 0.05) is 5.41 Å². The molecule has 0 spiro atoms. The van der Waals surface area contributed by atoms with Crippen molar-refractivity contribution in [1.29, 1.82) is 5.41 Å². The number of nitrogens with two attached hydrogens (primary N) is 1. The van der Waals surface area contributed by atoms with Gasteiger partial charge in [0.05, 0.1) is 22.2 Å². The Morgan fingerprint density at radius 2 is 1.83 bits per heavy atom. The zero-order chi connectivity index (χ0) is 22.2. The van der Waals surface area contributed by atoms with E-state index >= 15 is 0 Å². The lowest BCUT2D eigenvalue weighted by molar-refractivity contribution is 0.490. The maximum absolute atomic E-state index is 14.5. The molecule has 29 heavy (non-hydrogen) atoms. The van der Waals surface area contributed by atoms with E-state index in [2.05, 4.69) is 10.3 Å². The number of nitrogens with zero attached hydrogens (tertiary/aromatic N) is 1. The Bertz CT molecular complexity index is 1060. The first kappa shape index (κ1) is 23.0. The van der Waals surface area contributed by atoms with Crippen LogP contribution in [0.3, 0.4) is 0 Å². The van der Waals surface area contributed by atoms with E-state index in [1.807, 2.05) is 0 Å². The van der Waals surface area contributed by atoms with E-state index in [1.165, 1.54) is 45.9 Å². The fourth-order valence-corrected chi connectivity index (χ4v) is 4.57. The standard InChI is InChI=1S/C19H23ClF2N4O2S/c1-18(2,10-29(27,28)19(3,4)17(23)24)16-12(21)8-9-14(26-16)25-13-7-5-6-11(20)15(13)22/h5-9H,10H2,1-4H3,(H3,23,24)(H,25,26). The number of aromatic nitrogens is 1. The van der Waals surface area contributed by atoms with Gasteiger partial charge in [-0.1, -0.05) is 31.5 Å².